The average molecular weight is 599 g/mol. The topological polar surface area (TPSA) is 147 Å². The van der Waals surface area contributed by atoms with Gasteiger partial charge >= 0.3 is 6.09 Å². The van der Waals surface area contributed by atoms with Gasteiger partial charge in [-0.05, 0) is 69.2 Å². The quantitative estimate of drug-likeness (QED) is 0.512. The molecular weight excluding hydrogens is 568 g/mol. The molecular formula is C31H31ClN8O3. The van der Waals surface area contributed by atoms with E-state index in [1.807, 2.05) is 19.1 Å². The van der Waals surface area contributed by atoms with E-state index < -0.39 is 35.2 Å². The fourth-order valence-corrected chi connectivity index (χ4v) is 5.61. The molecule has 2 amide bonds. The third-order valence-corrected chi connectivity index (χ3v) is 7.60. The molecule has 0 radical (unpaired) electrons. The van der Waals surface area contributed by atoms with Gasteiger partial charge in [-0.15, -0.1) is 0 Å². The number of hydrogen-bond acceptors (Lipinski definition) is 9. The van der Waals surface area contributed by atoms with E-state index in [0.29, 0.717) is 22.1 Å². The number of hydrazone groups is 1. The minimum absolute atomic E-state index is 0.148. The van der Waals surface area contributed by atoms with E-state index >= 15 is 0 Å². The van der Waals surface area contributed by atoms with E-state index in [0.717, 1.165) is 11.1 Å². The summed E-state index contributed by atoms with van der Waals surface area (Å²) in [6.07, 6.45) is 2.69. The second kappa shape index (κ2) is 11.5. The highest BCUT2D eigenvalue weighted by Crippen LogP contribution is 2.38. The molecule has 0 aliphatic carbocycles. The van der Waals surface area contributed by atoms with E-state index in [9.17, 15) is 20.1 Å². The van der Waals surface area contributed by atoms with Crippen molar-refractivity contribution in [2.45, 2.75) is 63.8 Å². The summed E-state index contributed by atoms with van der Waals surface area (Å²) in [6.45, 7) is 7.77. The van der Waals surface area contributed by atoms with Crippen molar-refractivity contribution in [3.8, 4) is 12.1 Å². The minimum Gasteiger partial charge on any atom is -0.444 e. The Morgan fingerprint density at radius 2 is 1.91 bits per heavy atom. The molecule has 1 N–H and O–H groups in total. The number of carbonyl (C=O) groups is 2. The second-order valence-corrected chi connectivity index (χ2v) is 12.1. The highest BCUT2D eigenvalue weighted by Gasteiger charge is 2.43. The molecule has 1 aromatic carbocycles. The number of amides is 2. The molecule has 3 aliphatic rings. The van der Waals surface area contributed by atoms with Gasteiger partial charge in [-0.3, -0.25) is 9.79 Å². The number of halogens is 1. The third-order valence-electron chi connectivity index (χ3n) is 7.40. The number of nitrogens with zero attached hydrogens (tertiary/aromatic N) is 7. The van der Waals surface area contributed by atoms with Gasteiger partial charge in [-0.25, -0.2) is 14.8 Å². The number of hydrogen-bond donors (Lipinski definition) is 1. The summed E-state index contributed by atoms with van der Waals surface area (Å²) >= 11 is 6.34. The molecule has 0 spiro atoms. The maximum absolute atomic E-state index is 13.5. The molecule has 4 heterocycles. The van der Waals surface area contributed by atoms with Gasteiger partial charge in [0.05, 0.1) is 29.3 Å². The Hall–Kier alpha value is -4.74. The summed E-state index contributed by atoms with van der Waals surface area (Å²) in [5.74, 6) is -0.923. The number of carbonyl (C=O) groups excluding carboxylic acids is 2. The van der Waals surface area contributed by atoms with Gasteiger partial charge in [-0.1, -0.05) is 23.7 Å². The van der Waals surface area contributed by atoms with Crippen LogP contribution in [-0.4, -0.2) is 68.7 Å². The molecule has 1 saturated heterocycles. The number of piperidine rings is 1. The Bertz CT molecular complexity index is 1620. The van der Waals surface area contributed by atoms with Crippen molar-refractivity contribution in [3.63, 3.8) is 0 Å². The SMILES string of the molecule is Cc1cc(C2C(c3cccc(C#N)c3)=NN3C=CC(C(=O)NC4(C#N)CCN(C(=O)OC(C)(C)C)CC4)=NC23)cc(Cl)n1. The van der Waals surface area contributed by atoms with Crippen LogP contribution in [-0.2, 0) is 9.53 Å². The van der Waals surface area contributed by atoms with Crippen molar-refractivity contribution in [2.75, 3.05) is 13.1 Å². The number of fused-ring (bicyclic) bond motifs is 1. The van der Waals surface area contributed by atoms with Crippen LogP contribution in [0.5, 0.6) is 0 Å². The number of nitrogens with one attached hydrogen (secondary N) is 1. The first kappa shape index (κ1) is 29.7. The molecule has 11 nitrogen and oxygen atoms in total. The number of aromatic nitrogens is 1. The number of likely N-dealkylation sites (tertiary alicyclic amines) is 1. The normalized spacial score (nSPS) is 20.7. The van der Waals surface area contributed by atoms with Crippen molar-refractivity contribution in [2.24, 2.45) is 10.1 Å². The number of nitriles is 2. The lowest BCUT2D eigenvalue weighted by Crippen LogP contribution is -2.57. The van der Waals surface area contributed by atoms with Crippen molar-refractivity contribution in [1.82, 2.24) is 20.2 Å². The predicted molar refractivity (Wildman–Crippen MR) is 160 cm³/mol. The summed E-state index contributed by atoms with van der Waals surface area (Å²) in [5.41, 5.74) is 1.80. The molecule has 2 aromatic rings. The average Bonchev–Trinajstić information content (AvgIpc) is 3.35. The summed E-state index contributed by atoms with van der Waals surface area (Å²) in [5, 5.41) is 29.2. The zero-order valence-electron chi connectivity index (χ0n) is 24.3. The van der Waals surface area contributed by atoms with Crippen molar-refractivity contribution in [3.05, 3.63) is 76.2 Å². The molecule has 0 saturated carbocycles. The van der Waals surface area contributed by atoms with Gasteiger partial charge in [0.2, 0.25) is 0 Å². The van der Waals surface area contributed by atoms with Crippen molar-refractivity contribution < 1.29 is 14.3 Å². The number of rotatable bonds is 4. The van der Waals surface area contributed by atoms with Gasteiger partial charge in [0.15, 0.2) is 6.17 Å². The number of pyridine rings is 1. The molecule has 3 aliphatic heterocycles. The maximum atomic E-state index is 13.5. The Balaban J connectivity index is 1.39. The lowest BCUT2D eigenvalue weighted by molar-refractivity contribution is -0.116. The first-order valence-corrected chi connectivity index (χ1v) is 14.3. The molecule has 1 aromatic heterocycles. The smallest absolute Gasteiger partial charge is 0.410 e. The number of aryl methyl sites for hydroxylation is 1. The zero-order chi connectivity index (χ0) is 30.9. The van der Waals surface area contributed by atoms with Crippen LogP contribution in [0.25, 0.3) is 0 Å². The van der Waals surface area contributed by atoms with Crippen molar-refractivity contribution in [1.29, 1.82) is 10.5 Å². The molecule has 0 bridgehead atoms. The summed E-state index contributed by atoms with van der Waals surface area (Å²) < 4.78 is 5.46. The fraction of sp³-hybridized carbons (Fsp3) is 0.387. The van der Waals surface area contributed by atoms with Gasteiger partial charge in [0, 0.05) is 37.8 Å². The first-order chi connectivity index (χ1) is 20.4. The fourth-order valence-electron chi connectivity index (χ4n) is 5.35. The van der Waals surface area contributed by atoms with Crippen LogP contribution in [0.1, 0.15) is 61.9 Å². The number of aliphatic imine (C=N–C) groups is 1. The van der Waals surface area contributed by atoms with Crippen LogP contribution in [0.4, 0.5) is 4.79 Å². The Morgan fingerprint density at radius 3 is 2.56 bits per heavy atom. The minimum atomic E-state index is -1.16. The molecule has 2 atom stereocenters. The van der Waals surface area contributed by atoms with Crippen LogP contribution in [0.2, 0.25) is 5.15 Å². The predicted octanol–water partition coefficient (Wildman–Crippen LogP) is 4.42. The van der Waals surface area contributed by atoms with Gasteiger partial charge < -0.3 is 15.0 Å². The molecule has 2 unspecified atom stereocenters. The van der Waals surface area contributed by atoms with E-state index in [2.05, 4.69) is 22.4 Å². The van der Waals surface area contributed by atoms with Gasteiger partial charge in [0.25, 0.3) is 5.91 Å². The Kier molecular flexibility index (Phi) is 7.96. The lowest BCUT2D eigenvalue weighted by atomic mass is 9.87. The van der Waals surface area contributed by atoms with E-state index in [1.165, 1.54) is 0 Å². The van der Waals surface area contributed by atoms with E-state index in [-0.39, 0.29) is 31.6 Å². The third kappa shape index (κ3) is 6.37. The lowest BCUT2D eigenvalue weighted by Gasteiger charge is -2.38. The number of ether oxygens (including phenoxy) is 1. The summed E-state index contributed by atoms with van der Waals surface area (Å²) in [6, 6.07) is 15.2. The summed E-state index contributed by atoms with van der Waals surface area (Å²) in [4.78, 5) is 36.7. The molecule has 5 rings (SSSR count). The van der Waals surface area contributed by atoms with Crippen LogP contribution in [0.3, 0.4) is 0 Å². The first-order valence-electron chi connectivity index (χ1n) is 13.9. The number of benzene rings is 1. The van der Waals surface area contributed by atoms with Crippen LogP contribution >= 0.6 is 11.6 Å². The standard InChI is InChI=1S/C31H31ClN8O3/c1-19-14-22(16-24(32)35-19)25-26(21-7-5-6-20(15-21)17-33)38-40-11-8-23(36-27(25)40)28(41)37-31(18-34)9-12-39(13-10-31)29(42)43-30(2,3)4/h5-8,11,14-16,25,27H,9-10,12-13H2,1-4H3,(H,37,41). The highest BCUT2D eigenvalue weighted by atomic mass is 35.5. The monoisotopic (exact) mass is 598 g/mol. The van der Waals surface area contributed by atoms with Gasteiger partial charge in [0.1, 0.15) is 22.0 Å². The van der Waals surface area contributed by atoms with Crippen LogP contribution < -0.4 is 5.32 Å². The molecule has 12 heteroatoms. The zero-order valence-corrected chi connectivity index (χ0v) is 25.1. The molecule has 43 heavy (non-hydrogen) atoms. The molecule has 1 fully saturated rings. The van der Waals surface area contributed by atoms with Crippen molar-refractivity contribution >= 4 is 35.0 Å². The van der Waals surface area contributed by atoms with E-state index in [4.69, 9.17) is 26.4 Å². The van der Waals surface area contributed by atoms with E-state index in [1.54, 1.807) is 67.2 Å². The van der Waals surface area contributed by atoms with Gasteiger partial charge in [-0.2, -0.15) is 15.6 Å². The maximum Gasteiger partial charge on any atom is 0.410 e. The Labute approximate surface area is 255 Å². The summed E-state index contributed by atoms with van der Waals surface area (Å²) in [7, 11) is 0. The van der Waals surface area contributed by atoms with Crippen LogP contribution in [0.15, 0.2) is 58.8 Å². The van der Waals surface area contributed by atoms with Crippen LogP contribution in [0, 0.1) is 29.6 Å². The second-order valence-electron chi connectivity index (χ2n) is 11.8. The Morgan fingerprint density at radius 1 is 1.16 bits per heavy atom. The largest absolute Gasteiger partial charge is 0.444 e. The molecule has 220 valence electrons. The highest BCUT2D eigenvalue weighted by molar-refractivity contribution is 6.43.